The highest BCUT2D eigenvalue weighted by Crippen LogP contribution is 2.37. The molecule has 0 bridgehead atoms. The lowest BCUT2D eigenvalue weighted by Gasteiger charge is -2.17. The van der Waals surface area contributed by atoms with E-state index < -0.39 is 17.7 Å². The molecule has 1 heterocycles. The van der Waals surface area contributed by atoms with E-state index >= 15 is 0 Å². The van der Waals surface area contributed by atoms with Crippen LogP contribution in [0.4, 0.5) is 8.78 Å². The number of carbonyl (C=O) groups excluding carboxylic acids is 1. The number of amides is 1. The molecule has 0 spiro atoms. The average molecular weight is 205 g/mol. The SMILES string of the molecule is CCN1CC(CC(C)C)C(F)(F)C1=O. The molecule has 82 valence electrons. The molecule has 1 rings (SSSR count). The van der Waals surface area contributed by atoms with Gasteiger partial charge in [-0.1, -0.05) is 13.8 Å². The van der Waals surface area contributed by atoms with Crippen LogP contribution in [-0.2, 0) is 4.79 Å². The molecule has 0 aromatic carbocycles. The average Bonchev–Trinajstić information content (AvgIpc) is 2.28. The smallest absolute Gasteiger partial charge is 0.329 e. The maximum Gasteiger partial charge on any atom is 0.329 e. The van der Waals surface area contributed by atoms with Gasteiger partial charge >= 0.3 is 5.92 Å². The molecule has 4 heteroatoms. The van der Waals surface area contributed by atoms with Gasteiger partial charge in [-0.05, 0) is 19.3 Å². The van der Waals surface area contributed by atoms with Gasteiger partial charge in [0.1, 0.15) is 0 Å². The lowest BCUT2D eigenvalue weighted by atomic mass is 9.94. The van der Waals surface area contributed by atoms with Gasteiger partial charge in [0, 0.05) is 13.1 Å². The summed E-state index contributed by atoms with van der Waals surface area (Å²) in [7, 11) is 0. The highest BCUT2D eigenvalue weighted by atomic mass is 19.3. The largest absolute Gasteiger partial charge is 0.337 e. The topological polar surface area (TPSA) is 20.3 Å². The van der Waals surface area contributed by atoms with Crippen molar-refractivity contribution < 1.29 is 13.6 Å². The van der Waals surface area contributed by atoms with Crippen molar-refractivity contribution in [3.63, 3.8) is 0 Å². The summed E-state index contributed by atoms with van der Waals surface area (Å²) in [5, 5.41) is 0. The van der Waals surface area contributed by atoms with E-state index in [1.807, 2.05) is 13.8 Å². The molecule has 14 heavy (non-hydrogen) atoms. The number of hydrogen-bond acceptors (Lipinski definition) is 1. The summed E-state index contributed by atoms with van der Waals surface area (Å²) >= 11 is 0. The van der Waals surface area contributed by atoms with Crippen molar-refractivity contribution in [1.82, 2.24) is 4.90 Å². The van der Waals surface area contributed by atoms with Gasteiger partial charge in [-0.25, -0.2) is 0 Å². The van der Waals surface area contributed by atoms with E-state index in [9.17, 15) is 13.6 Å². The quantitative estimate of drug-likeness (QED) is 0.691. The molecule has 1 atom stereocenters. The highest BCUT2D eigenvalue weighted by molar-refractivity contribution is 5.86. The Kier molecular flexibility index (Phi) is 3.12. The van der Waals surface area contributed by atoms with Gasteiger partial charge in [-0.15, -0.1) is 0 Å². The van der Waals surface area contributed by atoms with Gasteiger partial charge in [-0.3, -0.25) is 4.79 Å². The van der Waals surface area contributed by atoms with Gasteiger partial charge in [0.05, 0.1) is 5.92 Å². The number of carbonyl (C=O) groups is 1. The van der Waals surface area contributed by atoms with Gasteiger partial charge in [0.15, 0.2) is 0 Å². The van der Waals surface area contributed by atoms with Crippen molar-refractivity contribution in [1.29, 1.82) is 0 Å². The van der Waals surface area contributed by atoms with Crippen molar-refractivity contribution in [3.05, 3.63) is 0 Å². The van der Waals surface area contributed by atoms with Gasteiger partial charge in [-0.2, -0.15) is 8.78 Å². The first kappa shape index (κ1) is 11.4. The van der Waals surface area contributed by atoms with E-state index in [0.29, 0.717) is 13.0 Å². The van der Waals surface area contributed by atoms with Crippen molar-refractivity contribution >= 4 is 5.91 Å². The third kappa shape index (κ3) is 1.88. The second-order valence-electron chi connectivity index (χ2n) is 4.29. The molecule has 0 N–H and O–H groups in total. The summed E-state index contributed by atoms with van der Waals surface area (Å²) < 4.78 is 26.8. The molecule has 1 unspecified atom stereocenters. The molecule has 1 aliphatic heterocycles. The normalized spacial score (nSPS) is 26.3. The Balaban J connectivity index is 2.74. The lowest BCUT2D eigenvalue weighted by molar-refractivity contribution is -0.151. The zero-order valence-electron chi connectivity index (χ0n) is 8.89. The fourth-order valence-electron chi connectivity index (χ4n) is 1.91. The standard InChI is InChI=1S/C10H17F2NO/c1-4-13-6-8(5-7(2)3)10(11,12)9(13)14/h7-8H,4-6H2,1-3H3. The highest BCUT2D eigenvalue weighted by Gasteiger charge is 2.55. The van der Waals surface area contributed by atoms with E-state index in [4.69, 9.17) is 0 Å². The molecule has 1 aliphatic rings. The number of halogens is 2. The third-order valence-corrected chi connectivity index (χ3v) is 2.66. The van der Waals surface area contributed by atoms with Crippen LogP contribution in [0.3, 0.4) is 0 Å². The van der Waals surface area contributed by atoms with Crippen LogP contribution in [0, 0.1) is 11.8 Å². The summed E-state index contributed by atoms with van der Waals surface area (Å²) in [6.07, 6.45) is 0.412. The van der Waals surface area contributed by atoms with Crippen LogP contribution in [0.25, 0.3) is 0 Å². The molecule has 1 fully saturated rings. The molecule has 2 nitrogen and oxygen atoms in total. The summed E-state index contributed by atoms with van der Waals surface area (Å²) in [6.45, 7) is 6.11. The van der Waals surface area contributed by atoms with Crippen molar-refractivity contribution in [2.45, 2.75) is 33.1 Å². The van der Waals surface area contributed by atoms with Crippen molar-refractivity contribution in [2.24, 2.45) is 11.8 Å². The second kappa shape index (κ2) is 3.83. The Morgan fingerprint density at radius 2 is 2.14 bits per heavy atom. The fraction of sp³-hybridized carbons (Fsp3) is 0.900. The molecule has 0 aromatic rings. The Morgan fingerprint density at radius 1 is 1.57 bits per heavy atom. The molecule has 0 aliphatic carbocycles. The van der Waals surface area contributed by atoms with E-state index in [2.05, 4.69) is 0 Å². The Labute approximate surface area is 83.3 Å². The first-order valence-corrected chi connectivity index (χ1v) is 5.06. The van der Waals surface area contributed by atoms with Crippen LogP contribution in [0.15, 0.2) is 0 Å². The summed E-state index contributed by atoms with van der Waals surface area (Å²) in [4.78, 5) is 12.5. The maximum atomic E-state index is 13.4. The first-order valence-electron chi connectivity index (χ1n) is 5.06. The van der Waals surface area contributed by atoms with Crippen LogP contribution < -0.4 is 0 Å². The number of hydrogen-bond donors (Lipinski definition) is 0. The molecule has 0 saturated carbocycles. The lowest BCUT2D eigenvalue weighted by Crippen LogP contribution is -2.35. The van der Waals surface area contributed by atoms with Crippen molar-refractivity contribution in [3.8, 4) is 0 Å². The number of alkyl halides is 2. The minimum Gasteiger partial charge on any atom is -0.337 e. The van der Waals surface area contributed by atoms with E-state index in [-0.39, 0.29) is 12.5 Å². The zero-order valence-corrected chi connectivity index (χ0v) is 8.89. The third-order valence-electron chi connectivity index (χ3n) is 2.66. The molecular formula is C10H17F2NO. The van der Waals surface area contributed by atoms with Gasteiger partial charge in [0.2, 0.25) is 0 Å². The maximum absolute atomic E-state index is 13.4. The minimum absolute atomic E-state index is 0.204. The van der Waals surface area contributed by atoms with Crippen molar-refractivity contribution in [2.75, 3.05) is 13.1 Å². The minimum atomic E-state index is -3.14. The number of nitrogens with zero attached hydrogens (tertiary/aromatic N) is 1. The predicted octanol–water partition coefficient (Wildman–Crippen LogP) is 2.15. The van der Waals surface area contributed by atoms with E-state index in [1.54, 1.807) is 6.92 Å². The molecule has 0 aromatic heterocycles. The molecular weight excluding hydrogens is 188 g/mol. The molecule has 0 radical (unpaired) electrons. The molecule has 1 saturated heterocycles. The van der Waals surface area contributed by atoms with Gasteiger partial charge < -0.3 is 4.90 Å². The Hall–Kier alpha value is -0.670. The summed E-state index contributed by atoms with van der Waals surface area (Å²) in [5.41, 5.74) is 0. The van der Waals surface area contributed by atoms with E-state index in [0.717, 1.165) is 0 Å². The number of likely N-dealkylation sites (tertiary alicyclic amines) is 1. The summed E-state index contributed by atoms with van der Waals surface area (Å²) in [6, 6.07) is 0. The van der Waals surface area contributed by atoms with Crippen LogP contribution >= 0.6 is 0 Å². The first-order chi connectivity index (χ1) is 6.39. The molecule has 1 amide bonds. The van der Waals surface area contributed by atoms with Gasteiger partial charge in [0.25, 0.3) is 5.91 Å². The summed E-state index contributed by atoms with van der Waals surface area (Å²) in [5.74, 6) is -4.73. The van der Waals surface area contributed by atoms with Crippen LogP contribution in [0.5, 0.6) is 0 Å². The Bertz CT molecular complexity index is 228. The fourth-order valence-corrected chi connectivity index (χ4v) is 1.91. The second-order valence-corrected chi connectivity index (χ2v) is 4.29. The monoisotopic (exact) mass is 205 g/mol. The van der Waals surface area contributed by atoms with E-state index in [1.165, 1.54) is 4.90 Å². The van der Waals surface area contributed by atoms with Crippen LogP contribution in [0.2, 0.25) is 0 Å². The number of rotatable bonds is 3. The predicted molar refractivity (Wildman–Crippen MR) is 50.1 cm³/mol. The van der Waals surface area contributed by atoms with Crippen LogP contribution in [0.1, 0.15) is 27.2 Å². The zero-order chi connectivity index (χ0) is 10.9. The van der Waals surface area contributed by atoms with Crippen LogP contribution in [-0.4, -0.2) is 29.8 Å². The Morgan fingerprint density at radius 3 is 2.50 bits per heavy atom.